The van der Waals surface area contributed by atoms with Crippen molar-refractivity contribution in [1.29, 1.82) is 0 Å². The largest absolute Gasteiger partial charge is 0.419 e. The lowest BCUT2D eigenvalue weighted by molar-refractivity contribution is 0.513. The fraction of sp³-hybridized carbons (Fsp3) is 0.364. The molecule has 0 aliphatic rings. The summed E-state index contributed by atoms with van der Waals surface area (Å²) >= 11 is 0. The van der Waals surface area contributed by atoms with Gasteiger partial charge in [-0.1, -0.05) is 26.0 Å². The van der Waals surface area contributed by atoms with Crippen LogP contribution < -0.4 is 5.76 Å². The summed E-state index contributed by atoms with van der Waals surface area (Å²) in [6, 6.07) is 7.42. The van der Waals surface area contributed by atoms with Gasteiger partial charge in [0.25, 0.3) is 0 Å². The van der Waals surface area contributed by atoms with Crippen LogP contribution in [0.5, 0.6) is 0 Å². The molecule has 0 spiro atoms. The van der Waals surface area contributed by atoms with Crippen molar-refractivity contribution in [2.75, 3.05) is 0 Å². The zero-order valence-electron chi connectivity index (χ0n) is 8.78. The lowest BCUT2D eigenvalue weighted by Gasteiger charge is -1.92. The molecule has 0 amide bonds. The number of hydrogen-bond acceptors (Lipinski definition) is 2. The summed E-state index contributed by atoms with van der Waals surface area (Å²) in [7, 11) is 0. The topological polar surface area (TPSA) is 35.1 Å². The first kappa shape index (κ1) is 10.6. The van der Waals surface area contributed by atoms with Gasteiger partial charge >= 0.3 is 5.76 Å². The van der Waals surface area contributed by atoms with Gasteiger partial charge in [0, 0.05) is 6.54 Å². The van der Waals surface area contributed by atoms with E-state index in [1.54, 1.807) is 10.6 Å². The highest BCUT2D eigenvalue weighted by Gasteiger charge is 2.04. The van der Waals surface area contributed by atoms with Crippen molar-refractivity contribution in [3.63, 3.8) is 0 Å². The van der Waals surface area contributed by atoms with Crippen molar-refractivity contribution < 1.29 is 4.42 Å². The van der Waals surface area contributed by atoms with Crippen molar-refractivity contribution >= 4 is 11.1 Å². The third kappa shape index (κ3) is 1.71. The average Bonchev–Trinajstić information content (AvgIpc) is 2.56. The number of hydrogen-bond donors (Lipinski definition) is 0. The molecule has 0 saturated carbocycles. The van der Waals surface area contributed by atoms with E-state index < -0.39 is 0 Å². The molecule has 2 aromatic rings. The molecule has 76 valence electrons. The van der Waals surface area contributed by atoms with Crippen molar-refractivity contribution in [3.05, 3.63) is 34.8 Å². The highest BCUT2D eigenvalue weighted by Crippen LogP contribution is 2.10. The third-order valence-corrected chi connectivity index (χ3v) is 1.89. The number of rotatable bonds is 1. The molecule has 14 heavy (non-hydrogen) atoms. The molecule has 0 aliphatic carbocycles. The first-order valence-electron chi connectivity index (χ1n) is 4.91. The van der Waals surface area contributed by atoms with Gasteiger partial charge in [-0.3, -0.25) is 4.57 Å². The lowest BCUT2D eigenvalue weighted by atomic mass is 10.3. The van der Waals surface area contributed by atoms with E-state index in [-0.39, 0.29) is 5.76 Å². The van der Waals surface area contributed by atoms with Crippen LogP contribution in [0.3, 0.4) is 0 Å². The van der Waals surface area contributed by atoms with Gasteiger partial charge in [0.1, 0.15) is 0 Å². The van der Waals surface area contributed by atoms with Crippen LogP contribution in [-0.4, -0.2) is 4.57 Å². The van der Waals surface area contributed by atoms with Crippen LogP contribution in [0.4, 0.5) is 0 Å². The van der Waals surface area contributed by atoms with Gasteiger partial charge in [0.2, 0.25) is 0 Å². The quantitative estimate of drug-likeness (QED) is 0.697. The normalized spacial score (nSPS) is 9.64. The summed E-state index contributed by atoms with van der Waals surface area (Å²) in [5, 5.41) is 0. The molecule has 1 heterocycles. The Kier molecular flexibility index (Phi) is 3.51. The van der Waals surface area contributed by atoms with E-state index >= 15 is 0 Å². The van der Waals surface area contributed by atoms with E-state index in [1.165, 1.54) is 0 Å². The SMILES string of the molecule is CC.CCn1c(=O)oc2ccccc21. The van der Waals surface area contributed by atoms with Gasteiger partial charge in [-0.15, -0.1) is 0 Å². The zero-order chi connectivity index (χ0) is 10.6. The van der Waals surface area contributed by atoms with Crippen molar-refractivity contribution in [2.45, 2.75) is 27.3 Å². The summed E-state index contributed by atoms with van der Waals surface area (Å²) in [6.07, 6.45) is 0. The van der Waals surface area contributed by atoms with E-state index in [1.807, 2.05) is 39.0 Å². The molecular weight excluding hydrogens is 178 g/mol. The number of aromatic nitrogens is 1. The minimum atomic E-state index is -0.279. The second kappa shape index (κ2) is 4.65. The van der Waals surface area contributed by atoms with Gasteiger partial charge < -0.3 is 4.42 Å². The fourth-order valence-electron chi connectivity index (χ4n) is 1.31. The average molecular weight is 193 g/mol. The van der Waals surface area contributed by atoms with E-state index in [2.05, 4.69) is 0 Å². The molecule has 1 aromatic carbocycles. The summed E-state index contributed by atoms with van der Waals surface area (Å²) in [4.78, 5) is 11.2. The molecule has 0 unspecified atom stereocenters. The predicted molar refractivity (Wildman–Crippen MR) is 57.5 cm³/mol. The van der Waals surface area contributed by atoms with Crippen LogP contribution in [0.2, 0.25) is 0 Å². The number of oxazole rings is 1. The predicted octanol–water partition coefficient (Wildman–Crippen LogP) is 2.64. The molecule has 0 fully saturated rings. The van der Waals surface area contributed by atoms with Crippen LogP contribution in [0.25, 0.3) is 11.1 Å². The summed E-state index contributed by atoms with van der Waals surface area (Å²) in [6.45, 7) is 6.57. The molecule has 0 N–H and O–H groups in total. The maximum Gasteiger partial charge on any atom is 0.419 e. The lowest BCUT2D eigenvalue weighted by Crippen LogP contribution is -2.11. The van der Waals surface area contributed by atoms with E-state index in [9.17, 15) is 4.79 Å². The Hall–Kier alpha value is -1.51. The smallest absolute Gasteiger partial charge is 0.408 e. The number of aryl methyl sites for hydroxylation is 1. The van der Waals surface area contributed by atoms with E-state index in [0.29, 0.717) is 12.1 Å². The Bertz CT molecular complexity index is 454. The monoisotopic (exact) mass is 193 g/mol. The van der Waals surface area contributed by atoms with Crippen molar-refractivity contribution in [1.82, 2.24) is 4.57 Å². The molecule has 3 nitrogen and oxygen atoms in total. The van der Waals surface area contributed by atoms with E-state index in [0.717, 1.165) is 5.52 Å². The third-order valence-electron chi connectivity index (χ3n) is 1.89. The zero-order valence-corrected chi connectivity index (χ0v) is 8.78. The van der Waals surface area contributed by atoms with Gasteiger partial charge in [-0.25, -0.2) is 4.79 Å². The van der Waals surface area contributed by atoms with Gasteiger partial charge in [0.05, 0.1) is 5.52 Å². The number of nitrogens with zero attached hydrogens (tertiary/aromatic N) is 1. The molecule has 0 radical (unpaired) electrons. The first-order chi connectivity index (χ1) is 6.83. The highest BCUT2D eigenvalue weighted by molar-refractivity contribution is 5.72. The van der Waals surface area contributed by atoms with E-state index in [4.69, 9.17) is 4.42 Å². The van der Waals surface area contributed by atoms with Gasteiger partial charge in [0.15, 0.2) is 5.58 Å². The Balaban J connectivity index is 0.000000461. The fourth-order valence-corrected chi connectivity index (χ4v) is 1.31. The first-order valence-corrected chi connectivity index (χ1v) is 4.91. The maximum atomic E-state index is 11.2. The number of fused-ring (bicyclic) bond motifs is 1. The molecular formula is C11H15NO2. The standard InChI is InChI=1S/C9H9NO2.C2H6/c1-2-10-7-5-3-4-6-8(7)12-9(10)11;1-2/h3-6H,2H2,1H3;1-2H3. The minimum absolute atomic E-state index is 0.279. The van der Waals surface area contributed by atoms with Crippen LogP contribution in [-0.2, 0) is 6.54 Å². The Morgan fingerprint density at radius 1 is 1.29 bits per heavy atom. The van der Waals surface area contributed by atoms with Crippen molar-refractivity contribution in [2.24, 2.45) is 0 Å². The Labute approximate surface area is 83.0 Å². The number of benzene rings is 1. The Morgan fingerprint density at radius 2 is 1.93 bits per heavy atom. The molecule has 2 rings (SSSR count). The Morgan fingerprint density at radius 3 is 2.57 bits per heavy atom. The summed E-state index contributed by atoms with van der Waals surface area (Å²) in [5.74, 6) is -0.279. The second-order valence-electron chi connectivity index (χ2n) is 2.58. The van der Waals surface area contributed by atoms with Crippen molar-refractivity contribution in [3.8, 4) is 0 Å². The molecule has 0 saturated heterocycles. The van der Waals surface area contributed by atoms with Crippen LogP contribution >= 0.6 is 0 Å². The molecule has 0 aliphatic heterocycles. The maximum absolute atomic E-state index is 11.2. The molecule has 3 heteroatoms. The van der Waals surface area contributed by atoms with Crippen LogP contribution in [0.15, 0.2) is 33.5 Å². The number of para-hydroxylation sites is 2. The molecule has 0 bridgehead atoms. The molecule has 1 aromatic heterocycles. The van der Waals surface area contributed by atoms with Crippen LogP contribution in [0, 0.1) is 0 Å². The second-order valence-corrected chi connectivity index (χ2v) is 2.58. The van der Waals surface area contributed by atoms with Gasteiger partial charge in [-0.05, 0) is 19.1 Å². The van der Waals surface area contributed by atoms with Gasteiger partial charge in [-0.2, -0.15) is 0 Å². The minimum Gasteiger partial charge on any atom is -0.408 e. The highest BCUT2D eigenvalue weighted by atomic mass is 16.4. The summed E-state index contributed by atoms with van der Waals surface area (Å²) in [5.41, 5.74) is 1.52. The summed E-state index contributed by atoms with van der Waals surface area (Å²) < 4.78 is 6.60. The molecule has 0 atom stereocenters. The van der Waals surface area contributed by atoms with Crippen LogP contribution in [0.1, 0.15) is 20.8 Å².